The van der Waals surface area contributed by atoms with Crippen molar-refractivity contribution in [3.63, 3.8) is 0 Å². The van der Waals surface area contributed by atoms with E-state index in [2.05, 4.69) is 53.1 Å². The number of fused-ring (bicyclic) bond motifs is 1. The summed E-state index contributed by atoms with van der Waals surface area (Å²) in [5.74, 6) is 1.35. The van der Waals surface area contributed by atoms with Crippen molar-refractivity contribution in [3.8, 4) is 0 Å². The van der Waals surface area contributed by atoms with Gasteiger partial charge in [0.25, 0.3) is 0 Å². The smallest absolute Gasteiger partial charge is 0.319 e. The minimum Gasteiger partial charge on any atom is -0.377 e. The maximum absolute atomic E-state index is 12.3. The third kappa shape index (κ3) is 5.81. The molecule has 1 heterocycles. The highest BCUT2D eigenvalue weighted by atomic mass is 35.5. The molecule has 0 aliphatic heterocycles. The van der Waals surface area contributed by atoms with Crippen LogP contribution in [0.3, 0.4) is 0 Å². The Kier molecular flexibility index (Phi) is 7.46. The van der Waals surface area contributed by atoms with E-state index in [-0.39, 0.29) is 6.03 Å². The number of benzene rings is 2. The lowest BCUT2D eigenvalue weighted by molar-refractivity contribution is 0.246. The molecule has 0 unspecified atom stereocenters. The average molecular weight is 486 g/mol. The van der Waals surface area contributed by atoms with E-state index in [0.29, 0.717) is 34.2 Å². The zero-order chi connectivity index (χ0) is 23.4. The van der Waals surface area contributed by atoms with Crippen LogP contribution < -0.4 is 20.9 Å². The zero-order valence-corrected chi connectivity index (χ0v) is 20.4. The number of nitrogens with zero attached hydrogens (tertiary/aromatic N) is 2. The van der Waals surface area contributed by atoms with Gasteiger partial charge in [-0.05, 0) is 49.8 Å². The summed E-state index contributed by atoms with van der Waals surface area (Å²) >= 11 is 12.2. The van der Waals surface area contributed by atoms with Gasteiger partial charge in [0.05, 0.1) is 21.2 Å². The van der Waals surface area contributed by atoms with Crippen LogP contribution in [-0.4, -0.2) is 37.7 Å². The van der Waals surface area contributed by atoms with Gasteiger partial charge in [-0.1, -0.05) is 47.5 Å². The Morgan fingerprint density at radius 2 is 1.73 bits per heavy atom. The summed E-state index contributed by atoms with van der Waals surface area (Å²) < 4.78 is 0. The molecular weight excluding hydrogens is 457 g/mol. The minimum atomic E-state index is -0.290. The number of carbonyl (C=O) groups excluding carboxylic acids is 1. The predicted molar refractivity (Wildman–Crippen MR) is 139 cm³/mol. The van der Waals surface area contributed by atoms with Crippen LogP contribution >= 0.6 is 23.2 Å². The lowest BCUT2D eigenvalue weighted by Crippen LogP contribution is -2.36. The second kappa shape index (κ2) is 10.5. The van der Waals surface area contributed by atoms with E-state index in [1.165, 1.54) is 0 Å². The third-order valence-corrected chi connectivity index (χ3v) is 6.76. The van der Waals surface area contributed by atoms with Gasteiger partial charge in [0.1, 0.15) is 5.82 Å². The summed E-state index contributed by atoms with van der Waals surface area (Å²) in [6, 6.07) is 15.6. The molecule has 1 aromatic heterocycles. The standard InChI is InChI=1S/C25H29Cl2N5O/c1-32(2)22-14-23(30-21-9-4-3-6-18(21)22)29-17-12-10-16(11-13-17)15-28-25(33)31-24-19(26)7-5-8-20(24)27/h3-9,14,16-17H,10-13,15H2,1-2H3,(H,29,30)(H2,28,31,33). The Balaban J connectivity index is 1.28. The van der Waals surface area contributed by atoms with Crippen molar-refractivity contribution in [2.45, 2.75) is 31.7 Å². The fraction of sp³-hybridized carbons (Fsp3) is 0.360. The molecule has 0 saturated heterocycles. The summed E-state index contributed by atoms with van der Waals surface area (Å²) in [6.45, 7) is 0.625. The highest BCUT2D eigenvalue weighted by molar-refractivity contribution is 6.39. The Labute approximate surface area is 204 Å². The number of amides is 2. The van der Waals surface area contributed by atoms with Gasteiger partial charge >= 0.3 is 6.03 Å². The average Bonchev–Trinajstić information content (AvgIpc) is 2.80. The van der Waals surface area contributed by atoms with Crippen molar-refractivity contribution < 1.29 is 4.79 Å². The van der Waals surface area contributed by atoms with Gasteiger partial charge in [0.2, 0.25) is 0 Å². The van der Waals surface area contributed by atoms with E-state index in [9.17, 15) is 4.79 Å². The van der Waals surface area contributed by atoms with Crippen molar-refractivity contribution in [3.05, 3.63) is 58.6 Å². The van der Waals surface area contributed by atoms with E-state index in [4.69, 9.17) is 28.2 Å². The van der Waals surface area contributed by atoms with Crippen LogP contribution in [0.5, 0.6) is 0 Å². The molecule has 33 heavy (non-hydrogen) atoms. The molecule has 0 atom stereocenters. The zero-order valence-electron chi connectivity index (χ0n) is 18.9. The second-order valence-electron chi connectivity index (χ2n) is 8.73. The number of rotatable bonds is 6. The Morgan fingerprint density at radius 3 is 2.42 bits per heavy atom. The molecule has 1 aliphatic rings. The fourth-order valence-electron chi connectivity index (χ4n) is 4.33. The van der Waals surface area contributed by atoms with Crippen LogP contribution in [0.1, 0.15) is 25.7 Å². The van der Waals surface area contributed by atoms with E-state index in [1.807, 2.05) is 12.1 Å². The number of halogens is 2. The van der Waals surface area contributed by atoms with E-state index < -0.39 is 0 Å². The first-order valence-electron chi connectivity index (χ1n) is 11.2. The Hall–Kier alpha value is -2.70. The summed E-state index contributed by atoms with van der Waals surface area (Å²) in [4.78, 5) is 19.2. The van der Waals surface area contributed by atoms with Crippen molar-refractivity contribution >= 4 is 57.3 Å². The normalized spacial score (nSPS) is 18.1. The fourth-order valence-corrected chi connectivity index (χ4v) is 4.82. The summed E-state index contributed by atoms with van der Waals surface area (Å²) in [7, 11) is 4.11. The number of para-hydroxylation sites is 2. The number of urea groups is 1. The third-order valence-electron chi connectivity index (χ3n) is 6.13. The molecule has 1 aliphatic carbocycles. The number of anilines is 3. The quantitative estimate of drug-likeness (QED) is 0.377. The molecular formula is C25H29Cl2N5O. The summed E-state index contributed by atoms with van der Waals surface area (Å²) in [5, 5.41) is 11.3. The van der Waals surface area contributed by atoms with E-state index in [1.54, 1.807) is 18.2 Å². The van der Waals surface area contributed by atoms with Crippen LogP contribution in [0.15, 0.2) is 48.5 Å². The van der Waals surface area contributed by atoms with E-state index in [0.717, 1.165) is 48.1 Å². The van der Waals surface area contributed by atoms with Gasteiger partial charge in [0.15, 0.2) is 0 Å². The van der Waals surface area contributed by atoms with E-state index >= 15 is 0 Å². The Morgan fingerprint density at radius 1 is 1.03 bits per heavy atom. The monoisotopic (exact) mass is 485 g/mol. The summed E-state index contributed by atoms with van der Waals surface area (Å²) in [6.07, 6.45) is 4.16. The molecule has 1 saturated carbocycles. The lowest BCUT2D eigenvalue weighted by Gasteiger charge is -2.30. The number of nitrogens with one attached hydrogen (secondary N) is 3. The first-order chi connectivity index (χ1) is 15.9. The lowest BCUT2D eigenvalue weighted by atomic mass is 9.86. The molecule has 0 spiro atoms. The minimum absolute atomic E-state index is 0.290. The largest absolute Gasteiger partial charge is 0.377 e. The molecule has 3 aromatic rings. The van der Waals surface area contributed by atoms with Crippen LogP contribution in [-0.2, 0) is 0 Å². The molecule has 2 amide bonds. The molecule has 2 aromatic carbocycles. The highest BCUT2D eigenvalue weighted by Crippen LogP contribution is 2.31. The number of hydrogen-bond acceptors (Lipinski definition) is 4. The van der Waals surface area contributed by atoms with Crippen LogP contribution in [0.2, 0.25) is 10.0 Å². The van der Waals surface area contributed by atoms with Crippen molar-refractivity contribution in [1.29, 1.82) is 0 Å². The second-order valence-corrected chi connectivity index (χ2v) is 9.55. The molecule has 0 radical (unpaired) electrons. The van der Waals surface area contributed by atoms with Gasteiger partial charge in [-0.2, -0.15) is 0 Å². The maximum Gasteiger partial charge on any atom is 0.319 e. The molecule has 1 fully saturated rings. The summed E-state index contributed by atoms with van der Waals surface area (Å²) in [5.41, 5.74) is 2.59. The molecule has 3 N–H and O–H groups in total. The number of carbonyl (C=O) groups is 1. The van der Waals surface area contributed by atoms with Crippen molar-refractivity contribution in [2.75, 3.05) is 36.2 Å². The predicted octanol–water partition coefficient (Wildman–Crippen LogP) is 6.40. The number of pyridine rings is 1. The van der Waals surface area contributed by atoms with Crippen molar-refractivity contribution in [1.82, 2.24) is 10.3 Å². The maximum atomic E-state index is 12.3. The topological polar surface area (TPSA) is 69.3 Å². The number of aromatic nitrogens is 1. The van der Waals surface area contributed by atoms with Gasteiger partial charge in [0, 0.05) is 43.8 Å². The van der Waals surface area contributed by atoms with Gasteiger partial charge in [-0.15, -0.1) is 0 Å². The van der Waals surface area contributed by atoms with Gasteiger partial charge in [-0.3, -0.25) is 0 Å². The first kappa shape index (κ1) is 23.5. The molecule has 174 valence electrons. The molecule has 6 nitrogen and oxygen atoms in total. The number of hydrogen-bond donors (Lipinski definition) is 3. The molecule has 0 bridgehead atoms. The van der Waals surface area contributed by atoms with Crippen LogP contribution in [0.25, 0.3) is 10.9 Å². The SMILES string of the molecule is CN(C)c1cc(NC2CCC(CNC(=O)Nc3c(Cl)cccc3Cl)CC2)nc2ccccc12. The van der Waals surface area contributed by atoms with Crippen LogP contribution in [0.4, 0.5) is 22.0 Å². The van der Waals surface area contributed by atoms with Crippen LogP contribution in [0, 0.1) is 5.92 Å². The van der Waals surface area contributed by atoms with Gasteiger partial charge < -0.3 is 20.9 Å². The van der Waals surface area contributed by atoms with Crippen molar-refractivity contribution in [2.24, 2.45) is 5.92 Å². The molecule has 8 heteroatoms. The highest BCUT2D eigenvalue weighted by Gasteiger charge is 2.22. The van der Waals surface area contributed by atoms with Gasteiger partial charge in [-0.25, -0.2) is 9.78 Å². The molecule has 4 rings (SSSR count). The first-order valence-corrected chi connectivity index (χ1v) is 12.0. The Bertz CT molecular complexity index is 1110.